The van der Waals surface area contributed by atoms with Gasteiger partial charge in [0.2, 0.25) is 5.95 Å². The fraction of sp³-hybridized carbons (Fsp3) is 0.235. The van der Waals surface area contributed by atoms with Crippen molar-refractivity contribution in [1.82, 2.24) is 15.1 Å². The van der Waals surface area contributed by atoms with Gasteiger partial charge in [-0.15, -0.1) is 0 Å². The average Bonchev–Trinajstić information content (AvgIpc) is 3.04. The number of benzene rings is 1. The van der Waals surface area contributed by atoms with E-state index in [0.717, 1.165) is 17.3 Å². The molecule has 0 radical (unpaired) electrons. The summed E-state index contributed by atoms with van der Waals surface area (Å²) in [7, 11) is 1.63. The van der Waals surface area contributed by atoms with Gasteiger partial charge in [-0.2, -0.15) is 4.98 Å². The van der Waals surface area contributed by atoms with Gasteiger partial charge in [0.25, 0.3) is 0 Å². The first-order chi connectivity index (χ1) is 12.2. The van der Waals surface area contributed by atoms with E-state index >= 15 is 0 Å². The summed E-state index contributed by atoms with van der Waals surface area (Å²) >= 11 is 0. The summed E-state index contributed by atoms with van der Waals surface area (Å²) in [4.78, 5) is 8.53. The molecule has 8 heteroatoms. The third-order valence-corrected chi connectivity index (χ3v) is 3.25. The number of nitrogens with one attached hydrogen (secondary N) is 2. The molecule has 0 aliphatic rings. The molecule has 0 aliphatic carbocycles. The number of rotatable bonds is 8. The number of ether oxygens (including phenoxy) is 2. The van der Waals surface area contributed by atoms with E-state index in [0.29, 0.717) is 30.7 Å². The van der Waals surface area contributed by atoms with E-state index in [-0.39, 0.29) is 0 Å². The summed E-state index contributed by atoms with van der Waals surface area (Å²) in [5.41, 5.74) is 0. The van der Waals surface area contributed by atoms with Crippen LogP contribution < -0.4 is 20.1 Å². The molecule has 0 unspecified atom stereocenters. The first-order valence-corrected chi connectivity index (χ1v) is 7.77. The molecule has 130 valence electrons. The second-order valence-electron chi connectivity index (χ2n) is 5.16. The number of anilines is 3. The molecule has 0 amide bonds. The summed E-state index contributed by atoms with van der Waals surface area (Å²) < 4.78 is 15.8. The molecule has 0 saturated heterocycles. The molecule has 2 N–H and O–H groups in total. The maximum Gasteiger partial charge on any atom is 0.224 e. The molecule has 0 saturated carbocycles. The Balaban J connectivity index is 1.47. The van der Waals surface area contributed by atoms with E-state index < -0.39 is 0 Å². The molecule has 3 aromatic rings. The maximum absolute atomic E-state index is 5.64. The van der Waals surface area contributed by atoms with Crippen LogP contribution in [0, 0.1) is 6.92 Å². The van der Waals surface area contributed by atoms with Crippen LogP contribution in [-0.2, 0) is 0 Å². The van der Waals surface area contributed by atoms with E-state index in [1.165, 1.54) is 0 Å². The largest absolute Gasteiger partial charge is 0.497 e. The lowest BCUT2D eigenvalue weighted by molar-refractivity contribution is 0.331. The Morgan fingerprint density at radius 1 is 1.08 bits per heavy atom. The topological polar surface area (TPSA) is 94.3 Å². The van der Waals surface area contributed by atoms with Gasteiger partial charge >= 0.3 is 0 Å². The Morgan fingerprint density at radius 2 is 1.88 bits per heavy atom. The third-order valence-electron chi connectivity index (χ3n) is 3.25. The lowest BCUT2D eigenvalue weighted by Crippen LogP contribution is -2.13. The van der Waals surface area contributed by atoms with E-state index in [4.69, 9.17) is 14.0 Å². The summed E-state index contributed by atoms with van der Waals surface area (Å²) in [6.45, 7) is 2.88. The normalized spacial score (nSPS) is 10.3. The molecule has 0 spiro atoms. The number of aryl methyl sites for hydroxylation is 1. The van der Waals surface area contributed by atoms with Crippen molar-refractivity contribution in [1.29, 1.82) is 0 Å². The zero-order chi connectivity index (χ0) is 17.5. The van der Waals surface area contributed by atoms with Crippen LogP contribution >= 0.6 is 0 Å². The van der Waals surface area contributed by atoms with Crippen molar-refractivity contribution in [2.75, 3.05) is 30.9 Å². The monoisotopic (exact) mass is 341 g/mol. The zero-order valence-corrected chi connectivity index (χ0v) is 14.0. The quantitative estimate of drug-likeness (QED) is 0.604. The highest BCUT2D eigenvalue weighted by Gasteiger charge is 2.03. The SMILES string of the molecule is COc1ccc(OCCNc2nccc(Nc3cc(C)on3)n2)cc1. The fourth-order valence-corrected chi connectivity index (χ4v) is 2.07. The molecule has 0 fully saturated rings. The average molecular weight is 341 g/mol. The van der Waals surface area contributed by atoms with Crippen molar-refractivity contribution >= 4 is 17.6 Å². The van der Waals surface area contributed by atoms with Gasteiger partial charge < -0.3 is 24.6 Å². The van der Waals surface area contributed by atoms with Gasteiger partial charge in [-0.25, -0.2) is 4.98 Å². The Morgan fingerprint density at radius 3 is 2.60 bits per heavy atom. The molecule has 1 aromatic carbocycles. The van der Waals surface area contributed by atoms with Crippen LogP contribution in [0.5, 0.6) is 11.5 Å². The lowest BCUT2D eigenvalue weighted by atomic mass is 10.3. The van der Waals surface area contributed by atoms with Crippen LogP contribution in [0.3, 0.4) is 0 Å². The first kappa shape index (κ1) is 16.6. The fourth-order valence-electron chi connectivity index (χ4n) is 2.07. The highest BCUT2D eigenvalue weighted by molar-refractivity contribution is 5.52. The van der Waals surface area contributed by atoms with E-state index in [1.807, 2.05) is 31.2 Å². The van der Waals surface area contributed by atoms with Crippen LogP contribution in [0.1, 0.15) is 5.76 Å². The van der Waals surface area contributed by atoms with Gasteiger partial charge in [0.1, 0.15) is 29.7 Å². The van der Waals surface area contributed by atoms with E-state index in [9.17, 15) is 0 Å². The van der Waals surface area contributed by atoms with Gasteiger partial charge in [0, 0.05) is 12.3 Å². The van der Waals surface area contributed by atoms with Crippen molar-refractivity contribution in [3.05, 3.63) is 48.4 Å². The summed E-state index contributed by atoms with van der Waals surface area (Å²) in [6.07, 6.45) is 1.66. The van der Waals surface area contributed by atoms with Gasteiger partial charge in [-0.3, -0.25) is 0 Å². The third kappa shape index (κ3) is 4.84. The number of hydrogen-bond donors (Lipinski definition) is 2. The molecule has 8 nitrogen and oxygen atoms in total. The predicted molar refractivity (Wildman–Crippen MR) is 93.5 cm³/mol. The zero-order valence-electron chi connectivity index (χ0n) is 14.0. The van der Waals surface area contributed by atoms with E-state index in [1.54, 1.807) is 25.4 Å². The molecule has 0 bridgehead atoms. The first-order valence-electron chi connectivity index (χ1n) is 7.77. The summed E-state index contributed by atoms with van der Waals surface area (Å²) in [5, 5.41) is 10.0. The van der Waals surface area contributed by atoms with Crippen molar-refractivity contribution < 1.29 is 14.0 Å². The van der Waals surface area contributed by atoms with Gasteiger partial charge in [0.15, 0.2) is 5.82 Å². The molecule has 0 atom stereocenters. The minimum absolute atomic E-state index is 0.482. The van der Waals surface area contributed by atoms with Crippen molar-refractivity contribution in [2.24, 2.45) is 0 Å². The molecule has 25 heavy (non-hydrogen) atoms. The van der Waals surface area contributed by atoms with Crippen LogP contribution in [0.2, 0.25) is 0 Å². The van der Waals surface area contributed by atoms with Gasteiger partial charge in [-0.1, -0.05) is 5.16 Å². The minimum atomic E-state index is 0.482. The molecule has 2 heterocycles. The van der Waals surface area contributed by atoms with Crippen molar-refractivity contribution in [2.45, 2.75) is 6.92 Å². The number of nitrogens with zero attached hydrogens (tertiary/aromatic N) is 3. The lowest BCUT2D eigenvalue weighted by Gasteiger charge is -2.09. The van der Waals surface area contributed by atoms with Crippen molar-refractivity contribution in [3.63, 3.8) is 0 Å². The number of aromatic nitrogens is 3. The second kappa shape index (κ2) is 8.00. The van der Waals surface area contributed by atoms with E-state index in [2.05, 4.69) is 25.8 Å². The standard InChI is InChI=1S/C17H19N5O3/c1-12-11-16(22-25-12)20-15-7-8-18-17(21-15)19-9-10-24-14-5-3-13(23-2)4-6-14/h3-8,11H,9-10H2,1-2H3,(H2,18,19,20,21,22). The smallest absolute Gasteiger partial charge is 0.224 e. The number of methoxy groups -OCH3 is 1. The van der Waals surface area contributed by atoms with Gasteiger partial charge in [-0.05, 0) is 37.3 Å². The summed E-state index contributed by atoms with van der Waals surface area (Å²) in [5.74, 6) is 4.03. The molecule has 3 rings (SSSR count). The molecule has 0 aliphatic heterocycles. The van der Waals surface area contributed by atoms with Crippen LogP contribution in [-0.4, -0.2) is 35.4 Å². The van der Waals surface area contributed by atoms with Crippen LogP contribution in [0.25, 0.3) is 0 Å². The predicted octanol–water partition coefficient (Wildman–Crippen LogP) is 3.02. The Hall–Kier alpha value is -3.29. The summed E-state index contributed by atoms with van der Waals surface area (Å²) in [6, 6.07) is 11.0. The Labute approximate surface area is 145 Å². The van der Waals surface area contributed by atoms with Crippen LogP contribution in [0.4, 0.5) is 17.6 Å². The van der Waals surface area contributed by atoms with Crippen molar-refractivity contribution in [3.8, 4) is 11.5 Å². The van der Waals surface area contributed by atoms with Gasteiger partial charge in [0.05, 0.1) is 13.7 Å². The maximum atomic E-state index is 5.64. The number of hydrogen-bond acceptors (Lipinski definition) is 8. The molecular formula is C17H19N5O3. The minimum Gasteiger partial charge on any atom is -0.497 e. The second-order valence-corrected chi connectivity index (χ2v) is 5.16. The molecule has 2 aromatic heterocycles. The molecular weight excluding hydrogens is 322 g/mol. The Bertz CT molecular complexity index is 804. The Kier molecular flexibility index (Phi) is 5.30. The highest BCUT2D eigenvalue weighted by atomic mass is 16.5. The highest BCUT2D eigenvalue weighted by Crippen LogP contribution is 2.17. The van der Waals surface area contributed by atoms with Crippen LogP contribution in [0.15, 0.2) is 47.1 Å².